The van der Waals surface area contributed by atoms with E-state index in [1.807, 2.05) is 6.08 Å². The molecule has 0 radical (unpaired) electrons. The molecule has 1 aliphatic carbocycles. The van der Waals surface area contributed by atoms with E-state index < -0.39 is 0 Å². The Bertz CT molecular complexity index is 307. The Kier molecular flexibility index (Phi) is 4.98. The maximum atomic E-state index is 12.1. The summed E-state index contributed by atoms with van der Waals surface area (Å²) in [6, 6.07) is 0. The van der Waals surface area contributed by atoms with Crippen molar-refractivity contribution in [2.45, 2.75) is 53.4 Å². The van der Waals surface area contributed by atoms with Crippen LogP contribution in [-0.4, -0.2) is 5.78 Å². The molecule has 0 bridgehead atoms. The smallest absolute Gasteiger partial charge is 0.158 e. The van der Waals surface area contributed by atoms with Crippen LogP contribution in [0.1, 0.15) is 53.4 Å². The van der Waals surface area contributed by atoms with Gasteiger partial charge in [0.1, 0.15) is 0 Å². The van der Waals surface area contributed by atoms with Gasteiger partial charge in [0.15, 0.2) is 5.78 Å². The van der Waals surface area contributed by atoms with Crippen molar-refractivity contribution in [3.8, 4) is 0 Å². The summed E-state index contributed by atoms with van der Waals surface area (Å²) in [6.07, 6.45) is 8.37. The van der Waals surface area contributed by atoms with Crippen LogP contribution in [0.5, 0.6) is 0 Å². The first-order valence-electron chi connectivity index (χ1n) is 6.37. The van der Waals surface area contributed by atoms with E-state index in [1.165, 1.54) is 11.1 Å². The largest absolute Gasteiger partial charge is 0.295 e. The molecule has 0 fully saturated rings. The number of hydrogen-bond acceptors (Lipinski definition) is 1. The highest BCUT2D eigenvalue weighted by Gasteiger charge is 2.20. The minimum atomic E-state index is 0.205. The minimum Gasteiger partial charge on any atom is -0.295 e. The maximum Gasteiger partial charge on any atom is 0.158 e. The van der Waals surface area contributed by atoms with E-state index in [4.69, 9.17) is 0 Å². The lowest BCUT2D eigenvalue weighted by atomic mass is 9.84. The highest BCUT2D eigenvalue weighted by Crippen LogP contribution is 2.24. The lowest BCUT2D eigenvalue weighted by molar-refractivity contribution is -0.119. The fraction of sp³-hybridized carbons (Fsp3) is 0.667. The third-order valence-electron chi connectivity index (χ3n) is 3.44. The van der Waals surface area contributed by atoms with Crippen LogP contribution in [0.2, 0.25) is 0 Å². The van der Waals surface area contributed by atoms with Gasteiger partial charge in [-0.05, 0) is 51.5 Å². The quantitative estimate of drug-likeness (QED) is 0.602. The molecule has 1 nitrogen and oxygen atoms in total. The number of ketones is 1. The molecule has 0 saturated carbocycles. The Hall–Kier alpha value is -0.850. The molecular weight excluding hydrogens is 196 g/mol. The summed E-state index contributed by atoms with van der Waals surface area (Å²) in [4.78, 5) is 12.1. The second kappa shape index (κ2) is 6.03. The Morgan fingerprint density at radius 1 is 1.19 bits per heavy atom. The number of allylic oxidation sites excluding steroid dienone is 4. The van der Waals surface area contributed by atoms with Crippen molar-refractivity contribution in [1.82, 2.24) is 0 Å². The van der Waals surface area contributed by atoms with E-state index in [2.05, 4.69) is 33.8 Å². The number of carbonyl (C=O) groups is 1. The van der Waals surface area contributed by atoms with Gasteiger partial charge < -0.3 is 0 Å². The highest BCUT2D eigenvalue weighted by molar-refractivity contribution is 5.92. The molecule has 0 unspecified atom stereocenters. The molecule has 0 saturated heterocycles. The van der Waals surface area contributed by atoms with Crippen LogP contribution in [0.4, 0.5) is 0 Å². The fourth-order valence-electron chi connectivity index (χ4n) is 2.26. The van der Waals surface area contributed by atoms with E-state index >= 15 is 0 Å². The Labute approximate surface area is 99.6 Å². The van der Waals surface area contributed by atoms with Crippen LogP contribution in [0.3, 0.4) is 0 Å². The molecule has 1 rings (SSSR count). The van der Waals surface area contributed by atoms with Gasteiger partial charge in [0.05, 0.1) is 0 Å². The average molecular weight is 220 g/mol. The first-order valence-corrected chi connectivity index (χ1v) is 6.37. The summed E-state index contributed by atoms with van der Waals surface area (Å²) in [5.74, 6) is 0.988. The summed E-state index contributed by atoms with van der Waals surface area (Å²) in [6.45, 7) is 8.55. The monoisotopic (exact) mass is 220 g/mol. The van der Waals surface area contributed by atoms with E-state index in [0.717, 1.165) is 25.7 Å². The third kappa shape index (κ3) is 3.96. The maximum absolute atomic E-state index is 12.1. The molecule has 1 aliphatic rings. The molecule has 16 heavy (non-hydrogen) atoms. The van der Waals surface area contributed by atoms with Crippen LogP contribution < -0.4 is 0 Å². The van der Waals surface area contributed by atoms with E-state index in [1.54, 1.807) is 0 Å². The molecule has 0 aliphatic heterocycles. The number of carbonyl (C=O) groups excluding carboxylic acids is 1. The Morgan fingerprint density at radius 2 is 1.88 bits per heavy atom. The SMILES string of the molecule is C/C1=C\C(=O)[C@H](C(C)C)CC/C(C)=C/CC1. The summed E-state index contributed by atoms with van der Waals surface area (Å²) in [5.41, 5.74) is 2.66. The van der Waals surface area contributed by atoms with E-state index in [0.29, 0.717) is 11.7 Å². The molecule has 1 heteroatoms. The zero-order valence-corrected chi connectivity index (χ0v) is 11.0. The van der Waals surface area contributed by atoms with Crippen molar-refractivity contribution in [3.63, 3.8) is 0 Å². The van der Waals surface area contributed by atoms with Crippen LogP contribution in [0, 0.1) is 11.8 Å². The molecule has 0 N–H and O–H groups in total. The molecule has 90 valence electrons. The van der Waals surface area contributed by atoms with Crippen molar-refractivity contribution < 1.29 is 4.79 Å². The Balaban J connectivity index is 2.85. The molecule has 0 heterocycles. The zero-order chi connectivity index (χ0) is 12.1. The first kappa shape index (κ1) is 13.2. The molecule has 0 aromatic heterocycles. The van der Waals surface area contributed by atoms with Crippen molar-refractivity contribution in [2.75, 3.05) is 0 Å². The van der Waals surface area contributed by atoms with E-state index in [9.17, 15) is 4.79 Å². The predicted molar refractivity (Wildman–Crippen MR) is 69.3 cm³/mol. The summed E-state index contributed by atoms with van der Waals surface area (Å²) < 4.78 is 0. The van der Waals surface area contributed by atoms with Gasteiger partial charge in [-0.25, -0.2) is 0 Å². The van der Waals surface area contributed by atoms with Crippen molar-refractivity contribution in [2.24, 2.45) is 11.8 Å². The lowest BCUT2D eigenvalue weighted by Crippen LogP contribution is -2.19. The number of rotatable bonds is 1. The second-order valence-corrected chi connectivity index (χ2v) is 5.37. The first-order chi connectivity index (χ1) is 7.50. The van der Waals surface area contributed by atoms with Crippen LogP contribution in [0.25, 0.3) is 0 Å². The summed E-state index contributed by atoms with van der Waals surface area (Å²) >= 11 is 0. The van der Waals surface area contributed by atoms with Gasteiger partial charge in [-0.15, -0.1) is 0 Å². The minimum absolute atomic E-state index is 0.205. The van der Waals surface area contributed by atoms with Gasteiger partial charge in [-0.3, -0.25) is 4.79 Å². The predicted octanol–water partition coefficient (Wildman–Crippen LogP) is 4.29. The van der Waals surface area contributed by atoms with Gasteiger partial charge in [0.25, 0.3) is 0 Å². The molecule has 0 spiro atoms. The molecule has 0 amide bonds. The molecule has 0 aromatic rings. The van der Waals surface area contributed by atoms with Crippen molar-refractivity contribution in [1.29, 1.82) is 0 Å². The molecular formula is C15H24O. The molecule has 1 atom stereocenters. The van der Waals surface area contributed by atoms with Gasteiger partial charge >= 0.3 is 0 Å². The number of hydrogen-bond donors (Lipinski definition) is 0. The average Bonchev–Trinajstić information content (AvgIpc) is 2.16. The summed E-state index contributed by atoms with van der Waals surface area (Å²) in [7, 11) is 0. The van der Waals surface area contributed by atoms with Crippen LogP contribution in [-0.2, 0) is 4.79 Å². The lowest BCUT2D eigenvalue weighted by Gasteiger charge is -2.19. The van der Waals surface area contributed by atoms with E-state index in [-0.39, 0.29) is 5.92 Å². The standard InChI is InChI=1S/C15H24O/c1-11(2)14-9-8-12(3)6-5-7-13(4)10-15(14)16/h6,10-11,14H,5,7-9H2,1-4H3/b12-6+,13-10+/t14-/m0/s1. The van der Waals surface area contributed by atoms with Gasteiger partial charge in [-0.1, -0.05) is 31.1 Å². The van der Waals surface area contributed by atoms with Crippen molar-refractivity contribution in [3.05, 3.63) is 23.3 Å². The highest BCUT2D eigenvalue weighted by atomic mass is 16.1. The van der Waals surface area contributed by atoms with Gasteiger partial charge in [0, 0.05) is 5.92 Å². The normalized spacial score (nSPS) is 30.6. The van der Waals surface area contributed by atoms with Crippen LogP contribution in [0.15, 0.2) is 23.3 Å². The summed E-state index contributed by atoms with van der Waals surface area (Å²) in [5, 5.41) is 0. The molecule has 0 aromatic carbocycles. The second-order valence-electron chi connectivity index (χ2n) is 5.37. The van der Waals surface area contributed by atoms with Crippen molar-refractivity contribution >= 4 is 5.78 Å². The van der Waals surface area contributed by atoms with Gasteiger partial charge in [0.2, 0.25) is 0 Å². The zero-order valence-electron chi connectivity index (χ0n) is 11.0. The fourth-order valence-corrected chi connectivity index (χ4v) is 2.26. The third-order valence-corrected chi connectivity index (χ3v) is 3.44. The van der Waals surface area contributed by atoms with Crippen LogP contribution >= 0.6 is 0 Å². The van der Waals surface area contributed by atoms with Gasteiger partial charge in [-0.2, -0.15) is 0 Å². The Morgan fingerprint density at radius 3 is 2.50 bits per heavy atom. The topological polar surface area (TPSA) is 17.1 Å².